The van der Waals surface area contributed by atoms with E-state index >= 15 is 0 Å². The van der Waals surface area contributed by atoms with E-state index in [4.69, 9.17) is 0 Å². The molecule has 4 aromatic rings. The molecule has 7 heteroatoms. The zero-order valence-electron chi connectivity index (χ0n) is 17.3. The second kappa shape index (κ2) is 8.32. The Morgan fingerprint density at radius 3 is 2.77 bits per heavy atom. The summed E-state index contributed by atoms with van der Waals surface area (Å²) < 4.78 is 1.88. The van der Waals surface area contributed by atoms with E-state index in [0.29, 0.717) is 5.56 Å². The molecule has 3 aromatic heterocycles. The van der Waals surface area contributed by atoms with Crippen LogP contribution in [0.4, 0.5) is 11.4 Å². The molecule has 0 aliphatic heterocycles. The Morgan fingerprint density at radius 2 is 1.97 bits per heavy atom. The minimum Gasteiger partial charge on any atom is -0.377 e. The number of aromatic nitrogens is 4. The maximum Gasteiger partial charge on any atom is 0.257 e. The highest BCUT2D eigenvalue weighted by molar-refractivity contribution is 6.04. The Balaban J connectivity index is 1.48. The Bertz CT molecular complexity index is 1200. The number of nitrogens with one attached hydrogen (secondary N) is 2. The average molecular weight is 400 g/mol. The molecule has 0 bridgehead atoms. The van der Waals surface area contributed by atoms with Crippen LogP contribution in [0.3, 0.4) is 0 Å². The number of fused-ring (bicyclic) bond motifs is 1. The van der Waals surface area contributed by atoms with E-state index in [9.17, 15) is 4.79 Å². The standard InChI is InChI=1S/C23H24N6O/c1-4-29-14-22-21(28-29)10-20(13-25-22)26-16(3)17-6-5-7-19(9-17)27-23(30)18-8-15(2)11-24-12-18/h5-14,16,26H,4H2,1-3H3,(H,27,30)/t16-/m0/s1. The molecular weight excluding hydrogens is 376 g/mol. The molecule has 3 heterocycles. The largest absolute Gasteiger partial charge is 0.377 e. The molecule has 0 spiro atoms. The molecule has 0 aliphatic rings. The first-order valence-corrected chi connectivity index (χ1v) is 9.94. The van der Waals surface area contributed by atoms with Crippen LogP contribution < -0.4 is 10.6 Å². The smallest absolute Gasteiger partial charge is 0.257 e. The van der Waals surface area contributed by atoms with Gasteiger partial charge < -0.3 is 10.6 Å². The summed E-state index contributed by atoms with van der Waals surface area (Å²) in [6, 6.07) is 11.6. The molecule has 1 atom stereocenters. The van der Waals surface area contributed by atoms with Crippen molar-refractivity contribution >= 4 is 28.3 Å². The highest BCUT2D eigenvalue weighted by Crippen LogP contribution is 2.23. The van der Waals surface area contributed by atoms with Gasteiger partial charge in [-0.05, 0) is 56.2 Å². The van der Waals surface area contributed by atoms with Crippen molar-refractivity contribution in [1.29, 1.82) is 0 Å². The van der Waals surface area contributed by atoms with E-state index in [1.54, 1.807) is 12.4 Å². The van der Waals surface area contributed by atoms with E-state index in [1.807, 2.05) is 67.3 Å². The second-order valence-corrected chi connectivity index (χ2v) is 7.31. The first kappa shape index (κ1) is 19.6. The number of amides is 1. The highest BCUT2D eigenvalue weighted by Gasteiger charge is 2.11. The Labute approximate surface area is 175 Å². The van der Waals surface area contributed by atoms with Crippen molar-refractivity contribution in [1.82, 2.24) is 19.7 Å². The Kier molecular flexibility index (Phi) is 5.43. The lowest BCUT2D eigenvalue weighted by Gasteiger charge is -2.16. The summed E-state index contributed by atoms with van der Waals surface area (Å²) in [5, 5.41) is 10.9. The lowest BCUT2D eigenvalue weighted by molar-refractivity contribution is 0.102. The zero-order chi connectivity index (χ0) is 21.1. The number of rotatable bonds is 6. The highest BCUT2D eigenvalue weighted by atomic mass is 16.1. The molecule has 0 fully saturated rings. The van der Waals surface area contributed by atoms with Gasteiger partial charge in [0.25, 0.3) is 5.91 Å². The summed E-state index contributed by atoms with van der Waals surface area (Å²) in [5.74, 6) is -0.176. The van der Waals surface area contributed by atoms with E-state index in [0.717, 1.165) is 40.1 Å². The monoisotopic (exact) mass is 400 g/mol. The van der Waals surface area contributed by atoms with Gasteiger partial charge in [0.05, 0.1) is 23.6 Å². The number of carbonyl (C=O) groups is 1. The van der Waals surface area contributed by atoms with Gasteiger partial charge in [0.2, 0.25) is 0 Å². The molecule has 0 saturated carbocycles. The van der Waals surface area contributed by atoms with Crippen LogP contribution in [-0.4, -0.2) is 25.7 Å². The van der Waals surface area contributed by atoms with Gasteiger partial charge in [-0.3, -0.25) is 19.4 Å². The lowest BCUT2D eigenvalue weighted by Crippen LogP contribution is -2.13. The van der Waals surface area contributed by atoms with Crippen LogP contribution in [0.15, 0.2) is 61.2 Å². The summed E-state index contributed by atoms with van der Waals surface area (Å²) in [6.45, 7) is 6.85. The summed E-state index contributed by atoms with van der Waals surface area (Å²) in [6.07, 6.45) is 7.05. The van der Waals surface area contributed by atoms with E-state index in [2.05, 4.69) is 32.6 Å². The number of hydrogen-bond acceptors (Lipinski definition) is 5. The fourth-order valence-corrected chi connectivity index (χ4v) is 3.29. The topological polar surface area (TPSA) is 84.7 Å². The van der Waals surface area contributed by atoms with E-state index in [-0.39, 0.29) is 11.9 Å². The molecule has 1 aromatic carbocycles. The van der Waals surface area contributed by atoms with Gasteiger partial charge in [-0.1, -0.05) is 12.1 Å². The minimum atomic E-state index is -0.176. The first-order chi connectivity index (χ1) is 14.5. The van der Waals surface area contributed by atoms with Crippen molar-refractivity contribution in [3.63, 3.8) is 0 Å². The minimum absolute atomic E-state index is 0.0231. The SMILES string of the molecule is CCn1cc2ncc(N[C@@H](C)c3cccc(NC(=O)c4cncc(C)c4)c3)cc2n1. The van der Waals surface area contributed by atoms with Crippen LogP contribution in [-0.2, 0) is 6.54 Å². The van der Waals surface area contributed by atoms with Crippen LogP contribution in [0.1, 0.15) is 41.4 Å². The molecule has 1 amide bonds. The van der Waals surface area contributed by atoms with Crippen molar-refractivity contribution in [3.8, 4) is 0 Å². The number of anilines is 2. The second-order valence-electron chi connectivity index (χ2n) is 7.31. The number of aryl methyl sites for hydroxylation is 2. The molecule has 0 unspecified atom stereocenters. The first-order valence-electron chi connectivity index (χ1n) is 9.94. The Morgan fingerprint density at radius 1 is 1.10 bits per heavy atom. The van der Waals surface area contributed by atoms with Gasteiger partial charge in [-0.25, -0.2) is 0 Å². The molecule has 0 aliphatic carbocycles. The third-order valence-corrected chi connectivity index (χ3v) is 4.89. The normalized spacial score (nSPS) is 12.0. The van der Waals surface area contributed by atoms with Gasteiger partial charge >= 0.3 is 0 Å². The van der Waals surface area contributed by atoms with Crippen molar-refractivity contribution in [2.24, 2.45) is 0 Å². The zero-order valence-corrected chi connectivity index (χ0v) is 17.3. The molecule has 152 valence electrons. The van der Waals surface area contributed by atoms with Gasteiger partial charge in [0.15, 0.2) is 0 Å². The van der Waals surface area contributed by atoms with Crippen molar-refractivity contribution in [2.45, 2.75) is 33.4 Å². The molecule has 30 heavy (non-hydrogen) atoms. The third kappa shape index (κ3) is 4.30. The van der Waals surface area contributed by atoms with Crippen molar-refractivity contribution in [3.05, 3.63) is 77.9 Å². The van der Waals surface area contributed by atoms with Crippen molar-refractivity contribution < 1.29 is 4.79 Å². The summed E-state index contributed by atoms with van der Waals surface area (Å²) >= 11 is 0. The number of benzene rings is 1. The number of nitrogens with zero attached hydrogens (tertiary/aromatic N) is 4. The van der Waals surface area contributed by atoms with Gasteiger partial charge in [-0.15, -0.1) is 0 Å². The quantitative estimate of drug-likeness (QED) is 0.495. The van der Waals surface area contributed by atoms with E-state index < -0.39 is 0 Å². The molecule has 2 N–H and O–H groups in total. The summed E-state index contributed by atoms with van der Waals surface area (Å²) in [7, 11) is 0. The number of pyridine rings is 2. The third-order valence-electron chi connectivity index (χ3n) is 4.89. The summed E-state index contributed by atoms with van der Waals surface area (Å²) in [4.78, 5) is 21.1. The van der Waals surface area contributed by atoms with Crippen LogP contribution in [0, 0.1) is 6.92 Å². The van der Waals surface area contributed by atoms with Gasteiger partial charge in [0, 0.05) is 30.7 Å². The van der Waals surface area contributed by atoms with Crippen LogP contribution in [0.2, 0.25) is 0 Å². The maximum absolute atomic E-state index is 12.5. The lowest BCUT2D eigenvalue weighted by atomic mass is 10.1. The van der Waals surface area contributed by atoms with Crippen LogP contribution in [0.5, 0.6) is 0 Å². The molecule has 0 radical (unpaired) electrons. The predicted octanol–water partition coefficient (Wildman–Crippen LogP) is 4.58. The molecule has 0 saturated heterocycles. The average Bonchev–Trinajstić information content (AvgIpc) is 3.16. The number of carbonyl (C=O) groups excluding carboxylic acids is 1. The van der Waals surface area contributed by atoms with Gasteiger partial charge in [-0.2, -0.15) is 5.10 Å². The van der Waals surface area contributed by atoms with Crippen LogP contribution >= 0.6 is 0 Å². The predicted molar refractivity (Wildman–Crippen MR) is 119 cm³/mol. The fourth-order valence-electron chi connectivity index (χ4n) is 3.29. The maximum atomic E-state index is 12.5. The summed E-state index contributed by atoms with van der Waals surface area (Å²) in [5.41, 5.74) is 5.92. The fraction of sp³-hybridized carbons (Fsp3) is 0.217. The van der Waals surface area contributed by atoms with E-state index in [1.165, 1.54) is 0 Å². The van der Waals surface area contributed by atoms with Crippen LogP contribution in [0.25, 0.3) is 11.0 Å². The Hall–Kier alpha value is -3.74. The van der Waals surface area contributed by atoms with Gasteiger partial charge in [0.1, 0.15) is 11.0 Å². The molecular formula is C23H24N6O. The number of hydrogen-bond donors (Lipinski definition) is 2. The van der Waals surface area contributed by atoms with Crippen molar-refractivity contribution in [2.75, 3.05) is 10.6 Å². The molecule has 7 nitrogen and oxygen atoms in total. The molecule has 4 rings (SSSR count).